The predicted octanol–water partition coefficient (Wildman–Crippen LogP) is 3.03. The molecule has 0 amide bonds. The summed E-state index contributed by atoms with van der Waals surface area (Å²) in [6, 6.07) is 4.15. The fraction of sp³-hybridized carbons (Fsp3) is 0.455. The standard InChI is InChI=1S/C11H12ClF2N/c12-8-1-2-9(10(13)7-8)11(14)3-5-15-6-4-11/h1-2,7,15H,3-6H2. The van der Waals surface area contributed by atoms with Crippen molar-refractivity contribution < 1.29 is 8.78 Å². The first kappa shape index (κ1) is 10.8. The van der Waals surface area contributed by atoms with E-state index in [0.717, 1.165) is 0 Å². The van der Waals surface area contributed by atoms with Crippen LogP contribution in [0, 0.1) is 5.82 Å². The highest BCUT2D eigenvalue weighted by molar-refractivity contribution is 6.30. The first-order chi connectivity index (χ1) is 7.12. The first-order valence-corrected chi connectivity index (χ1v) is 5.35. The van der Waals surface area contributed by atoms with Crippen LogP contribution in [0.25, 0.3) is 0 Å². The molecule has 82 valence electrons. The second-order valence-electron chi connectivity index (χ2n) is 3.84. The Morgan fingerprint density at radius 1 is 1.27 bits per heavy atom. The van der Waals surface area contributed by atoms with E-state index < -0.39 is 11.5 Å². The Bertz CT molecular complexity index is 362. The molecule has 1 heterocycles. The third kappa shape index (κ3) is 2.13. The molecule has 2 rings (SSSR count). The number of halogens is 3. The van der Waals surface area contributed by atoms with Gasteiger partial charge in [-0.3, -0.25) is 0 Å². The van der Waals surface area contributed by atoms with E-state index in [9.17, 15) is 8.78 Å². The maximum atomic E-state index is 14.4. The fourth-order valence-corrected chi connectivity index (χ4v) is 2.10. The summed E-state index contributed by atoms with van der Waals surface area (Å²) in [6.45, 7) is 1.16. The molecule has 1 aromatic carbocycles. The molecular weight excluding hydrogens is 220 g/mol. The molecule has 15 heavy (non-hydrogen) atoms. The normalized spacial score (nSPS) is 20.2. The smallest absolute Gasteiger partial charge is 0.141 e. The number of hydrogen-bond donors (Lipinski definition) is 1. The lowest BCUT2D eigenvalue weighted by Crippen LogP contribution is -2.37. The van der Waals surface area contributed by atoms with Crippen LogP contribution >= 0.6 is 11.6 Å². The summed E-state index contributed by atoms with van der Waals surface area (Å²) in [5.41, 5.74) is -1.41. The molecule has 4 heteroatoms. The molecule has 0 aromatic heterocycles. The molecule has 0 radical (unpaired) electrons. The lowest BCUT2D eigenvalue weighted by molar-refractivity contribution is 0.110. The minimum Gasteiger partial charge on any atom is -0.316 e. The van der Waals surface area contributed by atoms with Crippen molar-refractivity contribution in [2.75, 3.05) is 13.1 Å². The molecule has 0 aliphatic carbocycles. The Hall–Kier alpha value is -0.670. The zero-order valence-corrected chi connectivity index (χ0v) is 8.95. The highest BCUT2D eigenvalue weighted by atomic mass is 35.5. The molecule has 0 atom stereocenters. The maximum absolute atomic E-state index is 14.4. The SMILES string of the molecule is Fc1cc(Cl)ccc1C1(F)CCNCC1. The lowest BCUT2D eigenvalue weighted by Gasteiger charge is -2.30. The summed E-state index contributed by atoms with van der Waals surface area (Å²) in [5, 5.41) is 3.35. The van der Waals surface area contributed by atoms with Crippen molar-refractivity contribution in [3.8, 4) is 0 Å². The highest BCUT2D eigenvalue weighted by Crippen LogP contribution is 2.37. The molecule has 1 aliphatic heterocycles. The average molecular weight is 232 g/mol. The third-order valence-corrected chi connectivity index (χ3v) is 3.05. The van der Waals surface area contributed by atoms with Crippen molar-refractivity contribution in [2.45, 2.75) is 18.5 Å². The molecular formula is C11H12ClF2N. The van der Waals surface area contributed by atoms with Gasteiger partial charge in [-0.15, -0.1) is 0 Å². The molecule has 1 N–H and O–H groups in total. The average Bonchev–Trinajstić information content (AvgIpc) is 2.18. The van der Waals surface area contributed by atoms with Crippen LogP contribution in [0.2, 0.25) is 5.02 Å². The summed E-state index contributed by atoms with van der Waals surface area (Å²) < 4.78 is 27.9. The minimum absolute atomic E-state index is 0.133. The minimum atomic E-state index is -1.54. The Morgan fingerprint density at radius 2 is 1.93 bits per heavy atom. The quantitative estimate of drug-likeness (QED) is 0.784. The van der Waals surface area contributed by atoms with Gasteiger partial charge in [0.05, 0.1) is 0 Å². The van der Waals surface area contributed by atoms with Crippen molar-refractivity contribution >= 4 is 11.6 Å². The van der Waals surface area contributed by atoms with Gasteiger partial charge in [0.2, 0.25) is 0 Å². The van der Waals surface area contributed by atoms with Gasteiger partial charge in [-0.25, -0.2) is 8.78 Å². The number of nitrogens with one attached hydrogen (secondary N) is 1. The molecule has 1 fully saturated rings. The van der Waals surface area contributed by atoms with E-state index >= 15 is 0 Å². The predicted molar refractivity (Wildman–Crippen MR) is 56.3 cm³/mol. The molecule has 0 unspecified atom stereocenters. The van der Waals surface area contributed by atoms with Crippen LogP contribution in [0.3, 0.4) is 0 Å². The zero-order valence-electron chi connectivity index (χ0n) is 8.19. The summed E-state index contributed by atoms with van der Waals surface area (Å²) in [6.07, 6.45) is 0.622. The van der Waals surface area contributed by atoms with Gasteiger partial charge in [0, 0.05) is 10.6 Å². The summed E-state index contributed by atoms with van der Waals surface area (Å²) in [7, 11) is 0. The Balaban J connectivity index is 2.35. The van der Waals surface area contributed by atoms with Crippen molar-refractivity contribution in [2.24, 2.45) is 0 Å². The van der Waals surface area contributed by atoms with E-state index in [-0.39, 0.29) is 5.56 Å². The van der Waals surface area contributed by atoms with Gasteiger partial charge in [0.25, 0.3) is 0 Å². The lowest BCUT2D eigenvalue weighted by atomic mass is 9.86. The number of rotatable bonds is 1. The highest BCUT2D eigenvalue weighted by Gasteiger charge is 2.35. The van der Waals surface area contributed by atoms with E-state index in [4.69, 9.17) is 11.6 Å². The first-order valence-electron chi connectivity index (χ1n) is 4.97. The molecule has 1 aromatic rings. The third-order valence-electron chi connectivity index (χ3n) is 2.81. The maximum Gasteiger partial charge on any atom is 0.141 e. The van der Waals surface area contributed by atoms with Crippen molar-refractivity contribution in [1.82, 2.24) is 5.32 Å². The Kier molecular flexibility index (Phi) is 2.94. The fourth-order valence-electron chi connectivity index (χ4n) is 1.95. The van der Waals surface area contributed by atoms with E-state index in [2.05, 4.69) is 5.32 Å². The Morgan fingerprint density at radius 3 is 2.53 bits per heavy atom. The van der Waals surface area contributed by atoms with Crippen LogP contribution in [0.15, 0.2) is 18.2 Å². The van der Waals surface area contributed by atoms with Crippen molar-refractivity contribution in [3.63, 3.8) is 0 Å². The van der Waals surface area contributed by atoms with E-state index in [0.29, 0.717) is 31.0 Å². The van der Waals surface area contributed by atoms with E-state index in [1.54, 1.807) is 0 Å². The van der Waals surface area contributed by atoms with Gasteiger partial charge in [-0.05, 0) is 38.1 Å². The van der Waals surface area contributed by atoms with Gasteiger partial charge >= 0.3 is 0 Å². The summed E-state index contributed by atoms with van der Waals surface area (Å²) >= 11 is 5.63. The van der Waals surface area contributed by atoms with Crippen LogP contribution in [-0.2, 0) is 5.67 Å². The number of hydrogen-bond acceptors (Lipinski definition) is 1. The largest absolute Gasteiger partial charge is 0.316 e. The second kappa shape index (κ2) is 4.06. The van der Waals surface area contributed by atoms with Gasteiger partial charge in [0.15, 0.2) is 0 Å². The van der Waals surface area contributed by atoms with E-state index in [1.165, 1.54) is 18.2 Å². The van der Waals surface area contributed by atoms with Gasteiger partial charge in [-0.1, -0.05) is 17.7 Å². The van der Waals surface area contributed by atoms with Crippen LogP contribution in [0.1, 0.15) is 18.4 Å². The van der Waals surface area contributed by atoms with Crippen LogP contribution in [0.4, 0.5) is 8.78 Å². The second-order valence-corrected chi connectivity index (χ2v) is 4.28. The molecule has 1 aliphatic rings. The topological polar surface area (TPSA) is 12.0 Å². The van der Waals surface area contributed by atoms with Crippen LogP contribution < -0.4 is 5.32 Å². The summed E-state index contributed by atoms with van der Waals surface area (Å²) in [5.74, 6) is -0.549. The van der Waals surface area contributed by atoms with Gasteiger partial charge in [-0.2, -0.15) is 0 Å². The number of alkyl halides is 1. The van der Waals surface area contributed by atoms with Gasteiger partial charge < -0.3 is 5.32 Å². The number of benzene rings is 1. The molecule has 1 nitrogen and oxygen atoms in total. The molecule has 0 saturated carbocycles. The van der Waals surface area contributed by atoms with Gasteiger partial charge in [0.1, 0.15) is 11.5 Å². The van der Waals surface area contributed by atoms with Crippen LogP contribution in [-0.4, -0.2) is 13.1 Å². The van der Waals surface area contributed by atoms with Crippen molar-refractivity contribution in [3.05, 3.63) is 34.6 Å². The molecule has 0 bridgehead atoms. The van der Waals surface area contributed by atoms with E-state index in [1.807, 2.05) is 0 Å². The summed E-state index contributed by atoms with van der Waals surface area (Å²) in [4.78, 5) is 0. The molecule has 1 saturated heterocycles. The Labute approximate surface area is 92.4 Å². The van der Waals surface area contributed by atoms with Crippen molar-refractivity contribution in [1.29, 1.82) is 0 Å². The monoisotopic (exact) mass is 231 g/mol. The number of piperidine rings is 1. The van der Waals surface area contributed by atoms with Crippen LogP contribution in [0.5, 0.6) is 0 Å². The molecule has 0 spiro atoms. The zero-order chi connectivity index (χ0) is 10.9.